The number of ketones is 1. The number of benzene rings is 4. The van der Waals surface area contributed by atoms with Crippen LogP contribution in [0.2, 0.25) is 20.1 Å². The van der Waals surface area contributed by atoms with Gasteiger partial charge in [-0.25, -0.2) is 9.59 Å². The number of halogens is 5. The molecule has 111 heavy (non-hydrogen) atoms. The fraction of sp³-hybridized carbons (Fsp3) is 0.589. The zero-order valence-corrected chi connectivity index (χ0v) is 73.4. The predicted octanol–water partition coefficient (Wildman–Crippen LogP) is 20.5. The fourth-order valence-corrected chi connectivity index (χ4v) is 15.8. The molecule has 2 amide bonds. The second kappa shape index (κ2) is 43.6. The summed E-state index contributed by atoms with van der Waals surface area (Å²) in [5.41, 5.74) is 14.2. The molecule has 5 aliphatic carbocycles. The number of ether oxygens (including phenoxy) is 2. The van der Waals surface area contributed by atoms with Crippen molar-refractivity contribution in [2.24, 2.45) is 27.1 Å². The third-order valence-corrected chi connectivity index (χ3v) is 22.8. The average molecular weight is 1630 g/mol. The van der Waals surface area contributed by atoms with Gasteiger partial charge in [0.15, 0.2) is 0 Å². The van der Waals surface area contributed by atoms with Crippen LogP contribution in [0.15, 0.2) is 124 Å². The lowest BCUT2D eigenvalue weighted by atomic mass is 9.72. The molecule has 3 saturated heterocycles. The number of piperazine rings is 3. The van der Waals surface area contributed by atoms with E-state index in [1.54, 1.807) is 40.3 Å². The van der Waals surface area contributed by atoms with Crippen LogP contribution >= 0.6 is 58.0 Å². The first-order valence-electron chi connectivity index (χ1n) is 40.1. The maximum atomic E-state index is 12.3. The number of Topliss-reactive ketones (excluding diaryl/α,β-unsaturated/α-hetero) is 1. The van der Waals surface area contributed by atoms with Crippen LogP contribution in [0.4, 0.5) is 9.59 Å². The molecule has 0 aromatic heterocycles. The van der Waals surface area contributed by atoms with Gasteiger partial charge in [-0.2, -0.15) is 0 Å². The van der Waals surface area contributed by atoms with E-state index in [2.05, 4.69) is 114 Å². The van der Waals surface area contributed by atoms with Gasteiger partial charge < -0.3 is 40.0 Å². The second-order valence-electron chi connectivity index (χ2n) is 36.9. The van der Waals surface area contributed by atoms with Gasteiger partial charge in [0.25, 0.3) is 0 Å². The highest BCUT2D eigenvalue weighted by atomic mass is 35.5. The van der Waals surface area contributed by atoms with Crippen molar-refractivity contribution in [1.82, 2.24) is 30.2 Å². The minimum atomic E-state index is -1.41. The van der Waals surface area contributed by atoms with Crippen molar-refractivity contribution in [2.45, 2.75) is 225 Å². The van der Waals surface area contributed by atoms with Gasteiger partial charge in [-0.1, -0.05) is 187 Å². The summed E-state index contributed by atoms with van der Waals surface area (Å²) in [6.45, 7) is 47.2. The van der Waals surface area contributed by atoms with Crippen molar-refractivity contribution >= 4 is 118 Å². The van der Waals surface area contributed by atoms with Crippen LogP contribution in [-0.4, -0.2) is 170 Å². The van der Waals surface area contributed by atoms with Crippen molar-refractivity contribution in [2.75, 3.05) is 91.6 Å². The van der Waals surface area contributed by atoms with Gasteiger partial charge >= 0.3 is 19.3 Å². The highest BCUT2D eigenvalue weighted by Crippen LogP contribution is 2.47. The normalized spacial score (nSPS) is 20.4. The summed E-state index contributed by atoms with van der Waals surface area (Å²) in [6.07, 6.45) is 18.3. The van der Waals surface area contributed by atoms with Crippen LogP contribution in [0.25, 0.3) is 16.7 Å². The van der Waals surface area contributed by atoms with Crippen molar-refractivity contribution in [3.8, 4) is 0 Å². The molecule has 3 heterocycles. The van der Waals surface area contributed by atoms with E-state index in [1.807, 2.05) is 95.0 Å². The van der Waals surface area contributed by atoms with E-state index in [0.717, 1.165) is 199 Å². The number of aldehydes is 2. The molecule has 12 rings (SSSR count). The lowest BCUT2D eigenvalue weighted by molar-refractivity contribution is -0.123. The summed E-state index contributed by atoms with van der Waals surface area (Å²) in [5.74, 6) is 0.450. The van der Waals surface area contributed by atoms with Gasteiger partial charge in [0.2, 0.25) is 0 Å². The molecule has 15 nitrogen and oxygen atoms in total. The number of nitrogens with zero attached hydrogens (tertiary/aromatic N) is 4. The molecule has 1 saturated carbocycles. The highest BCUT2D eigenvalue weighted by molar-refractivity contribution is 6.58. The molecule has 0 spiro atoms. The maximum Gasteiger partial charge on any atom is 0.488 e. The van der Waals surface area contributed by atoms with Crippen molar-refractivity contribution < 1.29 is 43.5 Å². The van der Waals surface area contributed by atoms with Gasteiger partial charge in [0.1, 0.15) is 29.6 Å². The van der Waals surface area contributed by atoms with Gasteiger partial charge in [-0.05, 0) is 251 Å². The Morgan fingerprint density at radius 3 is 1.13 bits per heavy atom. The lowest BCUT2D eigenvalue weighted by Crippen LogP contribution is -2.50. The van der Waals surface area contributed by atoms with E-state index in [4.69, 9.17) is 77.5 Å². The summed E-state index contributed by atoms with van der Waals surface area (Å²) < 4.78 is 10.8. The Morgan fingerprint density at radius 2 is 0.766 bits per heavy atom. The molecule has 0 bridgehead atoms. The molecule has 0 atom stereocenters. The van der Waals surface area contributed by atoms with Crippen molar-refractivity contribution in [1.29, 1.82) is 0 Å². The first kappa shape index (κ1) is 94.5. The maximum absolute atomic E-state index is 12.3. The van der Waals surface area contributed by atoms with E-state index < -0.39 is 12.7 Å². The minimum absolute atomic E-state index is 0.197. The quantitative estimate of drug-likeness (QED) is 0.0871. The topological polar surface area (TPSA) is 181 Å². The van der Waals surface area contributed by atoms with Crippen molar-refractivity contribution in [3.05, 3.63) is 161 Å². The lowest BCUT2D eigenvalue weighted by Gasteiger charge is -2.39. The Balaban J connectivity index is 0.000000210. The molecule has 21 heteroatoms. The van der Waals surface area contributed by atoms with Crippen LogP contribution in [0.5, 0.6) is 0 Å². The zero-order valence-electron chi connectivity index (χ0n) is 69.6. The molecule has 612 valence electrons. The predicted molar refractivity (Wildman–Crippen MR) is 463 cm³/mol. The molecular weight excluding hydrogens is 1500 g/mol. The van der Waals surface area contributed by atoms with E-state index in [-0.39, 0.29) is 28.6 Å². The molecule has 4 aromatic carbocycles. The van der Waals surface area contributed by atoms with Gasteiger partial charge in [-0.3, -0.25) is 24.2 Å². The summed E-state index contributed by atoms with van der Waals surface area (Å²) in [7, 11) is -1.41. The summed E-state index contributed by atoms with van der Waals surface area (Å²) in [6, 6.07) is 30.8. The number of nitrogens with one attached hydrogen (secondary N) is 2. The zero-order chi connectivity index (χ0) is 82.1. The Hall–Kier alpha value is -5.34. The van der Waals surface area contributed by atoms with E-state index >= 15 is 0 Å². The van der Waals surface area contributed by atoms with Gasteiger partial charge in [0.05, 0.1) is 0 Å². The minimum Gasteiger partial charge on any atom is -0.444 e. The van der Waals surface area contributed by atoms with E-state index in [9.17, 15) is 24.0 Å². The SMILES string of the molecule is CC(C)(C)OC(=O)N1CCNCC1.CC1(C)CCC(C=O)=C(Cl)C1.CC1(C)CCC(C=O)=C(c2ccc(Cl)cc2)C1.CC1(C)CCC(CN2CCN(C(=O)OC(C)(C)C)CC2)=C(c2ccc(Cl)cc2)C1.CC1(C)CCC(CN2CCNCC2)=C(c2ccc(Cl)cc2)C1.CC1(C)CCCC(=O)C1.OB(O)c1ccc(Cl)cc1. The number of rotatable bonds is 10. The van der Waals surface area contributed by atoms with Crippen LogP contribution in [0.3, 0.4) is 0 Å². The fourth-order valence-electron chi connectivity index (χ4n) is 14.8. The first-order chi connectivity index (χ1) is 51.9. The molecule has 8 aliphatic rings. The van der Waals surface area contributed by atoms with Crippen LogP contribution in [-0.2, 0) is 23.9 Å². The molecule has 4 aromatic rings. The largest absolute Gasteiger partial charge is 0.488 e. The molecule has 3 aliphatic heterocycles. The van der Waals surface area contributed by atoms with Gasteiger partial charge in [0, 0.05) is 135 Å². The number of carbonyl (C=O) groups is 5. The highest BCUT2D eigenvalue weighted by Gasteiger charge is 2.34. The van der Waals surface area contributed by atoms with Gasteiger partial charge in [-0.15, -0.1) is 0 Å². The Kier molecular flexibility index (Phi) is 37.1. The Labute approximate surface area is 691 Å². The van der Waals surface area contributed by atoms with Crippen LogP contribution in [0.1, 0.15) is 230 Å². The van der Waals surface area contributed by atoms with Crippen molar-refractivity contribution in [3.63, 3.8) is 0 Å². The second-order valence-corrected chi connectivity index (χ2v) is 39.1. The third-order valence-electron chi connectivity index (χ3n) is 21.4. The molecule has 4 fully saturated rings. The first-order valence-corrected chi connectivity index (χ1v) is 42.0. The number of allylic oxidation sites excluding steroid dienone is 6. The molecule has 4 N–H and O–H groups in total. The third kappa shape index (κ3) is 34.6. The molecule has 0 unspecified atom stereocenters. The Morgan fingerprint density at radius 1 is 0.432 bits per heavy atom. The number of hydrogen-bond acceptors (Lipinski definition) is 13. The van der Waals surface area contributed by atoms with Crippen LogP contribution in [0, 0.1) is 27.1 Å². The summed E-state index contributed by atoms with van der Waals surface area (Å²) in [5, 5.41) is 27.6. The average Bonchev–Trinajstić information content (AvgIpc) is 0.808. The van der Waals surface area contributed by atoms with E-state index in [0.29, 0.717) is 32.5 Å². The molecular formula is C90H130BCl5N6O9. The van der Waals surface area contributed by atoms with Crippen LogP contribution < -0.4 is 16.1 Å². The smallest absolute Gasteiger partial charge is 0.444 e. The summed E-state index contributed by atoms with van der Waals surface area (Å²) >= 11 is 29.5. The number of hydrogen-bond donors (Lipinski definition) is 4. The number of amides is 2. The molecule has 0 radical (unpaired) electrons. The summed E-state index contributed by atoms with van der Waals surface area (Å²) in [4.78, 5) is 64.9. The number of carbonyl (C=O) groups excluding carboxylic acids is 5. The standard InChI is InChI=1S/C24H35ClN2O2.C19H27ClN2.C15H17ClO.C9H13ClO.C9H18N2O2.C8H14O.C6H6BClO2/c1-23(2,3)29-22(28)27-14-12-26(13-15-27)17-19-10-11-24(4,5)16-21(19)18-6-8-20(25)9-7-18;1-19(2)8-7-16(14-22-11-9-21-10-12-22)18(13-19)15-3-5-17(20)6-4-15;1-15(2)8-7-12(10-17)14(9-15)11-3-5-13(16)6-4-11;1-9(2)4-3-7(6-11)8(10)5-9;1-9(2,3)13-8(12)11-6-4-10-5-7-11;1-8(2)5-3-4-7(9)6-8;8-6-3-1-5(2-4-6)7(9)10/h6-9H,10-17H2,1-5H3;3-6,21H,7-14H2,1-2H3;3-6,10H,7-9H2,1-2H3;6H,3-5H2,1-2H3;10H,4-7H2,1-3H3;3-6H2,1-2H3;1-4,9-10H. The van der Waals surface area contributed by atoms with E-state index in [1.165, 1.54) is 73.0 Å². The Bertz CT molecular complexity index is 3780. The monoisotopic (exact) mass is 1620 g/mol.